The number of rotatable bonds is 2. The van der Waals surface area contributed by atoms with Crippen molar-refractivity contribution in [3.63, 3.8) is 0 Å². The van der Waals surface area contributed by atoms with Gasteiger partial charge in [-0.15, -0.1) is 0 Å². The fraction of sp³-hybridized carbons (Fsp3) is 0.667. The SMILES string of the molecule is CCOC=O.[Ca]. The molecule has 0 saturated carbocycles. The molecule has 0 saturated heterocycles. The molecule has 6 heavy (non-hydrogen) atoms. The van der Waals surface area contributed by atoms with Crippen LogP contribution in [0.5, 0.6) is 0 Å². The van der Waals surface area contributed by atoms with Crippen molar-refractivity contribution >= 4 is 44.2 Å². The van der Waals surface area contributed by atoms with Gasteiger partial charge in [0.2, 0.25) is 0 Å². The van der Waals surface area contributed by atoms with Crippen LogP contribution >= 0.6 is 0 Å². The van der Waals surface area contributed by atoms with Crippen molar-refractivity contribution in [2.75, 3.05) is 6.61 Å². The van der Waals surface area contributed by atoms with E-state index in [-0.39, 0.29) is 37.7 Å². The summed E-state index contributed by atoms with van der Waals surface area (Å²) < 4.78 is 4.15. The van der Waals surface area contributed by atoms with Crippen molar-refractivity contribution < 1.29 is 9.53 Å². The van der Waals surface area contributed by atoms with E-state index in [2.05, 4.69) is 4.74 Å². The van der Waals surface area contributed by atoms with Crippen LogP contribution in [0.2, 0.25) is 0 Å². The Hall–Kier alpha value is 0.730. The number of carbonyl (C=O) groups excluding carboxylic acids is 1. The summed E-state index contributed by atoms with van der Waals surface area (Å²) in [5.74, 6) is 0. The second kappa shape index (κ2) is 9.21. The molecule has 0 heterocycles. The smallest absolute Gasteiger partial charge is 0.293 e. The molecule has 0 fully saturated rings. The summed E-state index contributed by atoms with van der Waals surface area (Å²) >= 11 is 0. The first-order valence-electron chi connectivity index (χ1n) is 1.47. The van der Waals surface area contributed by atoms with E-state index in [1.807, 2.05) is 0 Å². The van der Waals surface area contributed by atoms with Crippen molar-refractivity contribution in [3.8, 4) is 0 Å². The van der Waals surface area contributed by atoms with Crippen LogP contribution in [0.15, 0.2) is 0 Å². The summed E-state index contributed by atoms with van der Waals surface area (Å²) in [6.45, 7) is 2.66. The quantitative estimate of drug-likeness (QED) is 0.367. The first-order valence-corrected chi connectivity index (χ1v) is 1.47. The average molecular weight is 114 g/mol. The Bertz CT molecular complexity index is 30.0. The van der Waals surface area contributed by atoms with Gasteiger partial charge in [-0.25, -0.2) is 0 Å². The predicted octanol–water partition coefficient (Wildman–Crippen LogP) is -0.202. The second-order valence-electron chi connectivity index (χ2n) is 0.552. The Morgan fingerprint density at radius 2 is 2.33 bits per heavy atom. The van der Waals surface area contributed by atoms with Crippen molar-refractivity contribution in [2.45, 2.75) is 6.92 Å². The normalized spacial score (nSPS) is 5.50. The van der Waals surface area contributed by atoms with Crippen LogP contribution in [0, 0.1) is 0 Å². The number of hydrogen-bond acceptors (Lipinski definition) is 2. The van der Waals surface area contributed by atoms with Gasteiger partial charge < -0.3 is 4.74 Å². The molecular formula is C3H6CaO2. The van der Waals surface area contributed by atoms with Gasteiger partial charge in [-0.05, 0) is 6.92 Å². The fourth-order valence-electron chi connectivity index (χ4n) is 0.0680. The molecule has 0 aromatic carbocycles. The molecule has 2 nitrogen and oxygen atoms in total. The van der Waals surface area contributed by atoms with Crippen LogP contribution in [0.25, 0.3) is 0 Å². The zero-order valence-electron chi connectivity index (χ0n) is 3.81. The van der Waals surface area contributed by atoms with E-state index in [0.29, 0.717) is 13.1 Å². The van der Waals surface area contributed by atoms with Crippen molar-refractivity contribution in [1.29, 1.82) is 0 Å². The molecule has 0 aliphatic carbocycles. The average Bonchev–Trinajstić information content (AvgIpc) is 1.41. The summed E-state index contributed by atoms with van der Waals surface area (Å²) in [5, 5.41) is 0. The minimum atomic E-state index is 0. The van der Waals surface area contributed by atoms with Gasteiger partial charge in [-0.1, -0.05) is 0 Å². The van der Waals surface area contributed by atoms with Gasteiger partial charge in [-0.3, -0.25) is 4.79 Å². The van der Waals surface area contributed by atoms with Crippen LogP contribution in [-0.2, 0) is 9.53 Å². The third-order valence-corrected chi connectivity index (χ3v) is 0.235. The molecule has 0 aromatic rings. The molecule has 0 bridgehead atoms. The van der Waals surface area contributed by atoms with Gasteiger partial charge in [0, 0.05) is 37.7 Å². The van der Waals surface area contributed by atoms with Gasteiger partial charge in [-0.2, -0.15) is 0 Å². The molecule has 32 valence electrons. The maximum absolute atomic E-state index is 9.18. The van der Waals surface area contributed by atoms with Crippen LogP contribution in [-0.4, -0.2) is 50.8 Å². The Morgan fingerprint density at radius 3 is 2.33 bits per heavy atom. The Balaban J connectivity index is 0. The molecular weight excluding hydrogens is 108 g/mol. The molecule has 0 unspecified atom stereocenters. The van der Waals surface area contributed by atoms with Crippen LogP contribution in [0.4, 0.5) is 0 Å². The molecule has 3 heteroatoms. The van der Waals surface area contributed by atoms with E-state index < -0.39 is 0 Å². The molecule has 0 N–H and O–H groups in total. The van der Waals surface area contributed by atoms with E-state index in [1.54, 1.807) is 6.92 Å². The van der Waals surface area contributed by atoms with Crippen LogP contribution in [0.1, 0.15) is 6.92 Å². The molecule has 0 aliphatic rings. The molecule has 0 spiro atoms. The van der Waals surface area contributed by atoms with E-state index >= 15 is 0 Å². The summed E-state index contributed by atoms with van der Waals surface area (Å²) in [4.78, 5) is 9.18. The zero-order chi connectivity index (χ0) is 4.12. The molecule has 0 aliphatic heterocycles. The van der Waals surface area contributed by atoms with Gasteiger partial charge in [0.1, 0.15) is 0 Å². The summed E-state index contributed by atoms with van der Waals surface area (Å²) in [5.41, 5.74) is 0. The predicted molar refractivity (Wildman–Crippen MR) is 23.4 cm³/mol. The molecule has 0 atom stereocenters. The van der Waals surface area contributed by atoms with Gasteiger partial charge in [0.05, 0.1) is 6.61 Å². The first-order chi connectivity index (χ1) is 2.41. The minimum Gasteiger partial charge on any atom is -0.468 e. The van der Waals surface area contributed by atoms with Crippen molar-refractivity contribution in [1.82, 2.24) is 0 Å². The fourth-order valence-corrected chi connectivity index (χ4v) is 0.0680. The zero-order valence-corrected chi connectivity index (χ0v) is 6.02. The summed E-state index contributed by atoms with van der Waals surface area (Å²) in [6, 6.07) is 0. The Kier molecular flexibility index (Phi) is 15.2. The van der Waals surface area contributed by atoms with E-state index in [4.69, 9.17) is 0 Å². The molecule has 0 aromatic heterocycles. The monoisotopic (exact) mass is 114 g/mol. The number of ether oxygens (including phenoxy) is 1. The van der Waals surface area contributed by atoms with Crippen molar-refractivity contribution in [3.05, 3.63) is 0 Å². The topological polar surface area (TPSA) is 26.3 Å². The second-order valence-corrected chi connectivity index (χ2v) is 0.552. The standard InChI is InChI=1S/C3H6O2.Ca/c1-2-5-3-4;/h3H,2H2,1H3;. The number of carbonyl (C=O) groups is 1. The maximum Gasteiger partial charge on any atom is 0.293 e. The van der Waals surface area contributed by atoms with Gasteiger partial charge in [0.15, 0.2) is 0 Å². The van der Waals surface area contributed by atoms with Crippen molar-refractivity contribution in [2.24, 2.45) is 0 Å². The molecule has 2 radical (unpaired) electrons. The minimum absolute atomic E-state index is 0. The van der Waals surface area contributed by atoms with E-state index in [9.17, 15) is 4.79 Å². The first kappa shape index (κ1) is 9.88. The summed E-state index contributed by atoms with van der Waals surface area (Å²) in [7, 11) is 0. The van der Waals surface area contributed by atoms with E-state index in [1.165, 1.54) is 0 Å². The van der Waals surface area contributed by atoms with Gasteiger partial charge in [0.25, 0.3) is 6.47 Å². The van der Waals surface area contributed by atoms with E-state index in [0.717, 1.165) is 0 Å². The summed E-state index contributed by atoms with van der Waals surface area (Å²) in [6.07, 6.45) is 0. The van der Waals surface area contributed by atoms with Crippen LogP contribution in [0.3, 0.4) is 0 Å². The molecule has 0 amide bonds. The third kappa shape index (κ3) is 8.83. The van der Waals surface area contributed by atoms with Gasteiger partial charge >= 0.3 is 0 Å². The third-order valence-electron chi connectivity index (χ3n) is 0.235. The van der Waals surface area contributed by atoms with Crippen LogP contribution < -0.4 is 0 Å². The Morgan fingerprint density at radius 1 is 1.83 bits per heavy atom. The number of hydrogen-bond donors (Lipinski definition) is 0. The molecule has 0 rings (SSSR count). The largest absolute Gasteiger partial charge is 0.468 e. The maximum atomic E-state index is 9.18. The Labute approximate surface area is 66.9 Å².